The van der Waals surface area contributed by atoms with Gasteiger partial charge in [0.25, 0.3) is 0 Å². The molecular weight excluding hydrogens is 258 g/mol. The minimum Gasteiger partial charge on any atom is -0.328 e. The van der Waals surface area contributed by atoms with Gasteiger partial charge in [-0.3, -0.25) is 0 Å². The predicted octanol–water partition coefficient (Wildman–Crippen LogP) is 3.93. The maximum absolute atomic E-state index is 4.82. The quantitative estimate of drug-likeness (QED) is 0.588. The Kier molecular flexibility index (Phi) is 6.00. The standard InChI is InChI=1S/C18H27N3/c1-4-13-21-17-11-7-6-10-16(17)20-18(21)14-15(3)9-8-12-19-5-2/h6-7,9-11,19H,4-5,8,12-14H2,1-3H3. The van der Waals surface area contributed by atoms with Gasteiger partial charge in [-0.1, -0.05) is 37.6 Å². The van der Waals surface area contributed by atoms with Gasteiger partial charge >= 0.3 is 0 Å². The molecule has 1 N–H and O–H groups in total. The first kappa shape index (κ1) is 15.8. The number of allylic oxidation sites excluding steroid dienone is 1. The molecule has 1 aromatic carbocycles. The highest BCUT2D eigenvalue weighted by Crippen LogP contribution is 2.18. The minimum atomic E-state index is 0.945. The number of nitrogens with zero attached hydrogens (tertiary/aromatic N) is 2. The first-order chi connectivity index (χ1) is 10.3. The third-order valence-electron chi connectivity index (χ3n) is 3.68. The van der Waals surface area contributed by atoms with E-state index in [-0.39, 0.29) is 0 Å². The number of aryl methyl sites for hydroxylation is 1. The van der Waals surface area contributed by atoms with Gasteiger partial charge in [0.2, 0.25) is 0 Å². The summed E-state index contributed by atoms with van der Waals surface area (Å²) in [6, 6.07) is 8.44. The average molecular weight is 285 g/mol. The molecule has 3 heteroatoms. The maximum atomic E-state index is 4.82. The van der Waals surface area contributed by atoms with Crippen molar-refractivity contribution in [2.45, 2.75) is 46.6 Å². The topological polar surface area (TPSA) is 29.9 Å². The highest BCUT2D eigenvalue weighted by atomic mass is 15.1. The average Bonchev–Trinajstić information content (AvgIpc) is 2.82. The van der Waals surface area contributed by atoms with E-state index in [1.165, 1.54) is 16.9 Å². The molecule has 0 aliphatic carbocycles. The van der Waals surface area contributed by atoms with Gasteiger partial charge in [0.05, 0.1) is 11.0 Å². The number of aromatic nitrogens is 2. The normalized spacial score (nSPS) is 12.2. The molecule has 21 heavy (non-hydrogen) atoms. The van der Waals surface area contributed by atoms with Gasteiger partial charge in [0, 0.05) is 13.0 Å². The molecule has 1 heterocycles. The summed E-state index contributed by atoms with van der Waals surface area (Å²) in [5.41, 5.74) is 3.77. The fourth-order valence-corrected chi connectivity index (χ4v) is 2.65. The summed E-state index contributed by atoms with van der Waals surface area (Å²) in [5.74, 6) is 1.19. The molecule has 0 saturated heterocycles. The first-order valence-electron chi connectivity index (χ1n) is 8.06. The van der Waals surface area contributed by atoms with Crippen LogP contribution in [0.3, 0.4) is 0 Å². The number of fused-ring (bicyclic) bond motifs is 1. The van der Waals surface area contributed by atoms with E-state index in [2.05, 4.69) is 61.0 Å². The SMILES string of the molecule is CCCn1c(CC(C)=CCCNCC)nc2ccccc21. The second-order valence-corrected chi connectivity index (χ2v) is 5.54. The number of hydrogen-bond acceptors (Lipinski definition) is 2. The van der Waals surface area contributed by atoms with Crippen LogP contribution in [0.1, 0.15) is 39.4 Å². The molecule has 2 aromatic rings. The van der Waals surface area contributed by atoms with Crippen molar-refractivity contribution in [2.24, 2.45) is 0 Å². The van der Waals surface area contributed by atoms with Crippen LogP contribution >= 0.6 is 0 Å². The number of para-hydroxylation sites is 2. The van der Waals surface area contributed by atoms with Crippen LogP contribution in [-0.2, 0) is 13.0 Å². The van der Waals surface area contributed by atoms with Crippen molar-refractivity contribution in [1.82, 2.24) is 14.9 Å². The third-order valence-corrected chi connectivity index (χ3v) is 3.68. The van der Waals surface area contributed by atoms with Crippen molar-refractivity contribution in [2.75, 3.05) is 13.1 Å². The van der Waals surface area contributed by atoms with Crippen molar-refractivity contribution in [3.05, 3.63) is 41.7 Å². The van der Waals surface area contributed by atoms with Crippen LogP contribution in [0.25, 0.3) is 11.0 Å². The number of imidazole rings is 1. The summed E-state index contributed by atoms with van der Waals surface area (Å²) < 4.78 is 2.37. The second-order valence-electron chi connectivity index (χ2n) is 5.54. The Balaban J connectivity index is 2.15. The molecule has 0 aliphatic rings. The van der Waals surface area contributed by atoms with Crippen LogP contribution in [0.2, 0.25) is 0 Å². The highest BCUT2D eigenvalue weighted by Gasteiger charge is 2.09. The van der Waals surface area contributed by atoms with Gasteiger partial charge < -0.3 is 9.88 Å². The number of rotatable bonds is 8. The Bertz CT molecular complexity index is 596. The maximum Gasteiger partial charge on any atom is 0.113 e. The van der Waals surface area contributed by atoms with Crippen molar-refractivity contribution >= 4 is 11.0 Å². The Morgan fingerprint density at radius 1 is 1.29 bits per heavy atom. The van der Waals surface area contributed by atoms with Crippen LogP contribution < -0.4 is 5.32 Å². The molecule has 0 atom stereocenters. The van der Waals surface area contributed by atoms with Gasteiger partial charge in [0.15, 0.2) is 0 Å². The molecule has 0 bridgehead atoms. The molecule has 114 valence electrons. The van der Waals surface area contributed by atoms with E-state index in [1.807, 2.05) is 0 Å². The molecule has 0 fully saturated rings. The number of benzene rings is 1. The minimum absolute atomic E-state index is 0.945. The van der Waals surface area contributed by atoms with E-state index in [0.29, 0.717) is 0 Å². The lowest BCUT2D eigenvalue weighted by Gasteiger charge is -2.08. The Morgan fingerprint density at radius 2 is 2.10 bits per heavy atom. The van der Waals surface area contributed by atoms with E-state index < -0.39 is 0 Å². The van der Waals surface area contributed by atoms with Crippen LogP contribution in [0.5, 0.6) is 0 Å². The summed E-state index contributed by atoms with van der Waals surface area (Å²) in [7, 11) is 0. The molecular formula is C18H27N3. The molecule has 1 aromatic heterocycles. The largest absolute Gasteiger partial charge is 0.328 e. The molecule has 3 nitrogen and oxygen atoms in total. The van der Waals surface area contributed by atoms with Gasteiger partial charge in [-0.25, -0.2) is 4.98 Å². The zero-order valence-corrected chi connectivity index (χ0v) is 13.5. The van der Waals surface area contributed by atoms with Gasteiger partial charge in [0.1, 0.15) is 5.82 Å². The fraction of sp³-hybridized carbons (Fsp3) is 0.500. The van der Waals surface area contributed by atoms with Crippen molar-refractivity contribution in [1.29, 1.82) is 0 Å². The highest BCUT2D eigenvalue weighted by molar-refractivity contribution is 5.75. The van der Waals surface area contributed by atoms with Crippen LogP contribution in [0, 0.1) is 0 Å². The van der Waals surface area contributed by atoms with Crippen LogP contribution in [-0.4, -0.2) is 22.6 Å². The van der Waals surface area contributed by atoms with E-state index in [9.17, 15) is 0 Å². The van der Waals surface area contributed by atoms with Crippen molar-refractivity contribution < 1.29 is 0 Å². The monoisotopic (exact) mass is 285 g/mol. The van der Waals surface area contributed by atoms with E-state index >= 15 is 0 Å². The van der Waals surface area contributed by atoms with Crippen LogP contribution in [0.4, 0.5) is 0 Å². The number of nitrogens with one attached hydrogen (secondary N) is 1. The molecule has 2 rings (SSSR count). The summed E-state index contributed by atoms with van der Waals surface area (Å²) in [4.78, 5) is 4.82. The molecule has 0 spiro atoms. The summed E-state index contributed by atoms with van der Waals surface area (Å²) >= 11 is 0. The van der Waals surface area contributed by atoms with Gasteiger partial charge in [-0.2, -0.15) is 0 Å². The zero-order valence-electron chi connectivity index (χ0n) is 13.5. The first-order valence-corrected chi connectivity index (χ1v) is 8.06. The molecule has 0 radical (unpaired) electrons. The Hall–Kier alpha value is -1.61. The molecule has 0 saturated carbocycles. The summed E-state index contributed by atoms with van der Waals surface area (Å²) in [5, 5.41) is 3.36. The van der Waals surface area contributed by atoms with E-state index in [4.69, 9.17) is 4.98 Å². The summed E-state index contributed by atoms with van der Waals surface area (Å²) in [6.07, 6.45) is 5.50. The smallest absolute Gasteiger partial charge is 0.113 e. The summed E-state index contributed by atoms with van der Waals surface area (Å²) in [6.45, 7) is 9.71. The predicted molar refractivity (Wildman–Crippen MR) is 90.6 cm³/mol. The van der Waals surface area contributed by atoms with Crippen molar-refractivity contribution in [3.8, 4) is 0 Å². The lowest BCUT2D eigenvalue weighted by molar-refractivity contribution is 0.661. The Morgan fingerprint density at radius 3 is 2.86 bits per heavy atom. The number of hydrogen-bond donors (Lipinski definition) is 1. The zero-order chi connectivity index (χ0) is 15.1. The molecule has 0 unspecified atom stereocenters. The Labute approximate surface area is 128 Å². The van der Waals surface area contributed by atoms with Crippen LogP contribution in [0.15, 0.2) is 35.9 Å². The van der Waals surface area contributed by atoms with Gasteiger partial charge in [-0.15, -0.1) is 0 Å². The fourth-order valence-electron chi connectivity index (χ4n) is 2.65. The molecule has 0 amide bonds. The third kappa shape index (κ3) is 4.18. The lowest BCUT2D eigenvalue weighted by Crippen LogP contribution is -2.13. The molecule has 0 aliphatic heterocycles. The van der Waals surface area contributed by atoms with Crippen molar-refractivity contribution in [3.63, 3.8) is 0 Å². The van der Waals surface area contributed by atoms with Gasteiger partial charge in [-0.05, 0) is 45.0 Å². The second kappa shape index (κ2) is 7.99. The lowest BCUT2D eigenvalue weighted by atomic mass is 10.1. The van der Waals surface area contributed by atoms with E-state index in [1.54, 1.807) is 0 Å². The van der Waals surface area contributed by atoms with E-state index in [0.717, 1.165) is 44.4 Å².